The minimum Gasteiger partial charge on any atom is -0.393 e. The molecule has 126 valence electrons. The van der Waals surface area contributed by atoms with Crippen LogP contribution in [0.3, 0.4) is 0 Å². The Labute approximate surface area is 140 Å². The van der Waals surface area contributed by atoms with Crippen LogP contribution in [0.4, 0.5) is 4.39 Å². The molecule has 3 heteroatoms. The van der Waals surface area contributed by atoms with Crippen molar-refractivity contribution in [1.29, 1.82) is 0 Å². The summed E-state index contributed by atoms with van der Waals surface area (Å²) in [6, 6.07) is 5.10. The van der Waals surface area contributed by atoms with Gasteiger partial charge in [0.15, 0.2) is 0 Å². The fourth-order valence-electron chi connectivity index (χ4n) is 2.13. The highest BCUT2D eigenvalue weighted by Gasteiger charge is 2.08. The Hall–Kier alpha value is -1.63. The molecule has 0 amide bonds. The van der Waals surface area contributed by atoms with E-state index in [1.165, 1.54) is 6.07 Å². The first-order chi connectivity index (χ1) is 10.7. The zero-order chi connectivity index (χ0) is 17.5. The topological polar surface area (TPSA) is 23.5 Å². The molecule has 1 aromatic rings. The lowest BCUT2D eigenvalue weighted by atomic mass is 9.98. The maximum absolute atomic E-state index is 13.7. The number of rotatable bonds is 6. The van der Waals surface area contributed by atoms with E-state index >= 15 is 0 Å². The molecule has 0 bridgehead atoms. The van der Waals surface area contributed by atoms with Crippen LogP contribution >= 0.6 is 0 Å². The van der Waals surface area contributed by atoms with E-state index in [1.54, 1.807) is 13.0 Å². The highest BCUT2D eigenvalue weighted by molar-refractivity contribution is 5.26. The summed E-state index contributed by atoms with van der Waals surface area (Å²) >= 11 is 0. The Morgan fingerprint density at radius 2 is 2.04 bits per heavy atom. The summed E-state index contributed by atoms with van der Waals surface area (Å²) in [7, 11) is 2.01. The lowest BCUT2D eigenvalue weighted by Gasteiger charge is -2.15. The summed E-state index contributed by atoms with van der Waals surface area (Å²) in [6.07, 6.45) is 3.71. The Morgan fingerprint density at radius 1 is 1.35 bits per heavy atom. The van der Waals surface area contributed by atoms with Gasteiger partial charge in [0.2, 0.25) is 0 Å². The third-order valence-corrected chi connectivity index (χ3v) is 3.14. The van der Waals surface area contributed by atoms with Crippen LogP contribution in [0.5, 0.6) is 0 Å². The Bertz CT molecular complexity index is 588. The van der Waals surface area contributed by atoms with Gasteiger partial charge in [-0.3, -0.25) is 4.90 Å². The average molecular weight is 317 g/mol. The molecule has 0 saturated heterocycles. The van der Waals surface area contributed by atoms with Crippen LogP contribution in [0.25, 0.3) is 0 Å². The summed E-state index contributed by atoms with van der Waals surface area (Å²) in [5.74, 6) is 5.95. The molecule has 0 saturated carbocycles. The average Bonchev–Trinajstić information content (AvgIpc) is 2.40. The van der Waals surface area contributed by atoms with Crippen molar-refractivity contribution in [2.24, 2.45) is 5.41 Å². The SMILES string of the molecule is CC(O)Cc1cc(CN(C)CC=CC#CC(C)(C)C)ccc1F. The molecule has 1 aromatic carbocycles. The molecule has 1 N–H and O–H groups in total. The molecule has 0 heterocycles. The number of benzene rings is 1. The third kappa shape index (κ3) is 8.54. The van der Waals surface area contributed by atoms with E-state index in [1.807, 2.05) is 25.3 Å². The highest BCUT2D eigenvalue weighted by atomic mass is 19.1. The second-order valence-corrected chi connectivity index (χ2v) is 7.10. The third-order valence-electron chi connectivity index (χ3n) is 3.14. The summed E-state index contributed by atoms with van der Waals surface area (Å²) < 4.78 is 13.7. The lowest BCUT2D eigenvalue weighted by molar-refractivity contribution is 0.194. The highest BCUT2D eigenvalue weighted by Crippen LogP contribution is 2.14. The van der Waals surface area contributed by atoms with Crippen molar-refractivity contribution in [2.75, 3.05) is 13.6 Å². The second-order valence-electron chi connectivity index (χ2n) is 7.10. The molecule has 0 spiro atoms. The van der Waals surface area contributed by atoms with E-state index in [2.05, 4.69) is 37.5 Å². The molecule has 0 radical (unpaired) electrons. The van der Waals surface area contributed by atoms with Gasteiger partial charge in [-0.2, -0.15) is 0 Å². The number of hydrogen-bond donors (Lipinski definition) is 1. The van der Waals surface area contributed by atoms with Crippen LogP contribution in [0, 0.1) is 23.1 Å². The zero-order valence-corrected chi connectivity index (χ0v) is 14.9. The van der Waals surface area contributed by atoms with Crippen molar-refractivity contribution in [1.82, 2.24) is 4.90 Å². The van der Waals surface area contributed by atoms with Crippen molar-refractivity contribution in [2.45, 2.75) is 46.8 Å². The van der Waals surface area contributed by atoms with E-state index in [0.717, 1.165) is 18.7 Å². The maximum Gasteiger partial charge on any atom is 0.126 e. The largest absolute Gasteiger partial charge is 0.393 e. The number of aliphatic hydroxyl groups excluding tert-OH is 1. The molecule has 1 atom stereocenters. The van der Waals surface area contributed by atoms with Crippen molar-refractivity contribution >= 4 is 0 Å². The standard InChI is InChI=1S/C20H28FNO/c1-16(23)13-18-14-17(9-10-19(18)21)15-22(5)12-8-6-7-11-20(2,3)4/h6,8-10,14,16,23H,12-13,15H2,1-5H3. The number of nitrogens with zero attached hydrogens (tertiary/aromatic N) is 1. The first-order valence-electron chi connectivity index (χ1n) is 7.99. The fraction of sp³-hybridized carbons (Fsp3) is 0.500. The molecule has 0 aliphatic carbocycles. The van der Waals surface area contributed by atoms with Crippen molar-refractivity contribution in [3.63, 3.8) is 0 Å². The van der Waals surface area contributed by atoms with Gasteiger partial charge in [-0.05, 0) is 58.0 Å². The molecule has 0 aliphatic rings. The van der Waals surface area contributed by atoms with Crippen molar-refractivity contribution in [3.8, 4) is 11.8 Å². The zero-order valence-electron chi connectivity index (χ0n) is 14.9. The maximum atomic E-state index is 13.7. The van der Waals surface area contributed by atoms with E-state index in [4.69, 9.17) is 0 Å². The Kier molecular flexibility index (Phi) is 7.48. The van der Waals surface area contributed by atoms with E-state index in [9.17, 15) is 9.50 Å². The monoisotopic (exact) mass is 317 g/mol. The quantitative estimate of drug-likeness (QED) is 0.807. The van der Waals surface area contributed by atoms with Gasteiger partial charge < -0.3 is 5.11 Å². The number of aliphatic hydroxyl groups is 1. The van der Waals surface area contributed by atoms with Crippen LogP contribution in [-0.2, 0) is 13.0 Å². The minimum atomic E-state index is -0.540. The Balaban J connectivity index is 2.58. The summed E-state index contributed by atoms with van der Waals surface area (Å²) in [4.78, 5) is 2.13. The normalized spacial score (nSPS) is 13.2. The number of allylic oxidation sites excluding steroid dienone is 1. The van der Waals surface area contributed by atoms with Crippen LogP contribution in [-0.4, -0.2) is 29.7 Å². The minimum absolute atomic E-state index is 0.0184. The molecule has 0 aromatic heterocycles. The molecule has 23 heavy (non-hydrogen) atoms. The molecule has 1 unspecified atom stereocenters. The van der Waals surface area contributed by atoms with Crippen LogP contribution < -0.4 is 0 Å². The summed E-state index contributed by atoms with van der Waals surface area (Å²) in [5, 5.41) is 9.43. The molecule has 0 fully saturated rings. The van der Waals surface area contributed by atoms with E-state index < -0.39 is 6.10 Å². The smallest absolute Gasteiger partial charge is 0.126 e. The van der Waals surface area contributed by atoms with Gasteiger partial charge in [0.05, 0.1) is 6.10 Å². The van der Waals surface area contributed by atoms with Gasteiger partial charge in [0, 0.05) is 24.9 Å². The molecule has 0 aliphatic heterocycles. The van der Waals surface area contributed by atoms with E-state index in [-0.39, 0.29) is 11.2 Å². The van der Waals surface area contributed by atoms with Gasteiger partial charge in [-0.1, -0.05) is 30.0 Å². The first-order valence-corrected chi connectivity index (χ1v) is 7.99. The van der Waals surface area contributed by atoms with Gasteiger partial charge in [0.1, 0.15) is 5.82 Å². The lowest BCUT2D eigenvalue weighted by Crippen LogP contribution is -2.18. The van der Waals surface area contributed by atoms with Gasteiger partial charge >= 0.3 is 0 Å². The number of halogens is 1. The van der Waals surface area contributed by atoms with Gasteiger partial charge in [-0.25, -0.2) is 4.39 Å². The van der Waals surface area contributed by atoms with Crippen molar-refractivity contribution in [3.05, 3.63) is 47.3 Å². The van der Waals surface area contributed by atoms with Crippen molar-refractivity contribution < 1.29 is 9.50 Å². The molecule has 1 rings (SSSR count). The summed E-state index contributed by atoms with van der Waals surface area (Å²) in [6.45, 7) is 9.42. The predicted molar refractivity (Wildman–Crippen MR) is 94.5 cm³/mol. The second kappa shape index (κ2) is 8.86. The molecular weight excluding hydrogens is 289 g/mol. The predicted octanol–water partition coefficient (Wildman–Crippen LogP) is 3.79. The van der Waals surface area contributed by atoms with Gasteiger partial charge in [-0.15, -0.1) is 0 Å². The fourth-order valence-corrected chi connectivity index (χ4v) is 2.13. The van der Waals surface area contributed by atoms with Gasteiger partial charge in [0.25, 0.3) is 0 Å². The number of hydrogen-bond acceptors (Lipinski definition) is 2. The molecular formula is C20H28FNO. The Morgan fingerprint density at radius 3 is 2.65 bits per heavy atom. The summed E-state index contributed by atoms with van der Waals surface area (Å²) in [5.41, 5.74) is 1.63. The van der Waals surface area contributed by atoms with E-state index in [0.29, 0.717) is 12.0 Å². The van der Waals surface area contributed by atoms with Crippen LogP contribution in [0.1, 0.15) is 38.8 Å². The molecule has 2 nitrogen and oxygen atoms in total. The van der Waals surface area contributed by atoms with Crippen LogP contribution in [0.2, 0.25) is 0 Å². The first kappa shape index (κ1) is 19.4. The van der Waals surface area contributed by atoms with Crippen LogP contribution in [0.15, 0.2) is 30.4 Å². The number of likely N-dealkylation sites (N-methyl/N-ethyl adjacent to an activating group) is 1.